The highest BCUT2D eigenvalue weighted by atomic mass is 31.3. The van der Waals surface area contributed by atoms with Crippen LogP contribution in [0.4, 0.5) is 0 Å². The SMILES string of the molecule is CCCC1C(C)(COP(=O)(O)OP(=O)(O)OP(=O)(O)O)OC(n2ccc(=O)[nH]c2=O)C1(C)C. The fraction of sp³-hybridized carbons (Fsp3) is 0.733. The lowest BCUT2D eigenvalue weighted by atomic mass is 9.70. The molecule has 0 aliphatic carbocycles. The summed E-state index contributed by atoms with van der Waals surface area (Å²) in [4.78, 5) is 62.3. The second kappa shape index (κ2) is 9.60. The Morgan fingerprint density at radius 3 is 2.21 bits per heavy atom. The van der Waals surface area contributed by atoms with E-state index >= 15 is 0 Å². The van der Waals surface area contributed by atoms with Gasteiger partial charge in [-0.2, -0.15) is 8.62 Å². The Kier molecular flexibility index (Phi) is 8.23. The molecule has 1 saturated heterocycles. The fourth-order valence-electron chi connectivity index (χ4n) is 4.09. The van der Waals surface area contributed by atoms with Crippen LogP contribution in [0.25, 0.3) is 0 Å². The average molecular weight is 536 g/mol. The highest BCUT2D eigenvalue weighted by molar-refractivity contribution is 7.66. The van der Waals surface area contributed by atoms with Crippen molar-refractivity contribution in [3.63, 3.8) is 0 Å². The Balaban J connectivity index is 2.31. The maximum absolute atomic E-state index is 12.3. The van der Waals surface area contributed by atoms with Gasteiger partial charge in [0.2, 0.25) is 0 Å². The molecule has 18 heteroatoms. The number of rotatable bonds is 10. The van der Waals surface area contributed by atoms with Crippen LogP contribution in [-0.2, 0) is 31.6 Å². The van der Waals surface area contributed by atoms with Crippen molar-refractivity contribution in [2.45, 2.75) is 52.4 Å². The molecule has 5 unspecified atom stereocenters. The Labute approximate surface area is 188 Å². The number of hydrogen-bond donors (Lipinski definition) is 5. The van der Waals surface area contributed by atoms with E-state index in [9.17, 15) is 33.1 Å². The van der Waals surface area contributed by atoms with Gasteiger partial charge < -0.3 is 24.3 Å². The van der Waals surface area contributed by atoms with Crippen LogP contribution in [0.3, 0.4) is 0 Å². The third-order valence-electron chi connectivity index (χ3n) is 5.26. The number of phosphoric acid groups is 3. The third kappa shape index (κ3) is 7.03. The smallest absolute Gasteiger partial charge is 0.348 e. The van der Waals surface area contributed by atoms with Gasteiger partial charge >= 0.3 is 29.2 Å². The molecule has 1 aromatic heterocycles. The average Bonchev–Trinajstić information content (AvgIpc) is 2.79. The zero-order chi connectivity index (χ0) is 25.5. The molecule has 1 aliphatic rings. The van der Waals surface area contributed by atoms with Crippen molar-refractivity contribution < 1.29 is 51.2 Å². The van der Waals surface area contributed by atoms with Gasteiger partial charge in [-0.25, -0.2) is 18.5 Å². The van der Waals surface area contributed by atoms with Gasteiger partial charge in [0.1, 0.15) is 6.23 Å². The van der Waals surface area contributed by atoms with E-state index in [1.165, 1.54) is 17.7 Å². The van der Waals surface area contributed by atoms with E-state index in [1.54, 1.807) is 13.8 Å². The van der Waals surface area contributed by atoms with E-state index < -0.39 is 58.6 Å². The number of ether oxygens (including phenoxy) is 1. The van der Waals surface area contributed by atoms with Crippen LogP contribution in [0.15, 0.2) is 21.9 Å². The monoisotopic (exact) mass is 536 g/mol. The molecule has 0 saturated carbocycles. The Morgan fingerprint density at radius 2 is 1.70 bits per heavy atom. The molecular formula is C15H27N2O13P3. The van der Waals surface area contributed by atoms with Crippen LogP contribution in [0.1, 0.15) is 46.8 Å². The molecule has 0 spiro atoms. The number of nitrogens with one attached hydrogen (secondary N) is 1. The van der Waals surface area contributed by atoms with Gasteiger partial charge in [-0.05, 0) is 19.3 Å². The Hall–Kier alpha value is -0.950. The summed E-state index contributed by atoms with van der Waals surface area (Å²) < 4.78 is 54.0. The first kappa shape index (κ1) is 28.3. The third-order valence-corrected chi connectivity index (χ3v) is 9.05. The zero-order valence-electron chi connectivity index (χ0n) is 18.2. The lowest BCUT2D eigenvalue weighted by Gasteiger charge is -2.35. The van der Waals surface area contributed by atoms with Gasteiger partial charge in [0.15, 0.2) is 0 Å². The van der Waals surface area contributed by atoms with Crippen molar-refractivity contribution in [3.05, 3.63) is 33.1 Å². The maximum Gasteiger partial charge on any atom is 0.490 e. The van der Waals surface area contributed by atoms with E-state index in [-0.39, 0.29) is 5.92 Å². The van der Waals surface area contributed by atoms with Gasteiger partial charge in [0, 0.05) is 17.7 Å². The number of nitrogens with zero attached hydrogens (tertiary/aromatic N) is 1. The van der Waals surface area contributed by atoms with Crippen LogP contribution < -0.4 is 11.2 Å². The molecule has 0 amide bonds. The first-order valence-electron chi connectivity index (χ1n) is 9.59. The van der Waals surface area contributed by atoms with Gasteiger partial charge in [-0.15, -0.1) is 0 Å². The topological polar surface area (TPSA) is 224 Å². The highest BCUT2D eigenvalue weighted by Gasteiger charge is 2.58. The van der Waals surface area contributed by atoms with Crippen LogP contribution in [0.2, 0.25) is 0 Å². The standard InChI is InChI=1S/C15H27N2O13P3/c1-5-6-10-14(2,3)12(17-8-7-11(18)16-13(17)19)28-15(10,4)9-27-32(23,24)30-33(25,26)29-31(20,21)22/h7-8,10,12H,5-6,9H2,1-4H3,(H,23,24)(H,25,26)(H,16,18,19)(H2,20,21,22). The van der Waals surface area contributed by atoms with Crippen molar-refractivity contribution >= 4 is 23.5 Å². The van der Waals surface area contributed by atoms with Crippen LogP contribution in [0, 0.1) is 11.3 Å². The van der Waals surface area contributed by atoms with E-state index in [2.05, 4.69) is 13.6 Å². The van der Waals surface area contributed by atoms with Gasteiger partial charge in [0.05, 0.1) is 12.2 Å². The summed E-state index contributed by atoms with van der Waals surface area (Å²) in [6.45, 7) is 6.35. The number of aromatic nitrogens is 2. The van der Waals surface area contributed by atoms with Crippen molar-refractivity contribution in [2.75, 3.05) is 6.61 Å². The first-order valence-corrected chi connectivity index (χ1v) is 14.1. The molecule has 190 valence electrons. The largest absolute Gasteiger partial charge is 0.490 e. The van der Waals surface area contributed by atoms with Crippen molar-refractivity contribution in [2.24, 2.45) is 11.3 Å². The van der Waals surface area contributed by atoms with Crippen LogP contribution in [0.5, 0.6) is 0 Å². The first-order chi connectivity index (χ1) is 14.8. The minimum atomic E-state index is -5.66. The fourth-order valence-corrected chi connectivity index (χ4v) is 7.20. The van der Waals surface area contributed by atoms with Gasteiger partial charge in [-0.1, -0.05) is 27.2 Å². The minimum absolute atomic E-state index is 0.383. The number of aromatic amines is 1. The van der Waals surface area contributed by atoms with Crippen molar-refractivity contribution in [1.29, 1.82) is 0 Å². The predicted molar refractivity (Wildman–Crippen MR) is 112 cm³/mol. The van der Waals surface area contributed by atoms with E-state index in [0.29, 0.717) is 12.8 Å². The summed E-state index contributed by atoms with van der Waals surface area (Å²) in [7, 11) is -16.6. The molecule has 2 rings (SSSR count). The molecule has 15 nitrogen and oxygen atoms in total. The van der Waals surface area contributed by atoms with Crippen LogP contribution >= 0.6 is 23.5 Å². The zero-order valence-corrected chi connectivity index (χ0v) is 20.9. The molecular weight excluding hydrogens is 509 g/mol. The number of hydrogen-bond acceptors (Lipinski definition) is 9. The molecule has 1 aliphatic heterocycles. The summed E-state index contributed by atoms with van der Waals surface area (Å²) in [5, 5.41) is 0. The molecule has 1 fully saturated rings. The molecule has 33 heavy (non-hydrogen) atoms. The van der Waals surface area contributed by atoms with Gasteiger partial charge in [0.25, 0.3) is 5.56 Å². The van der Waals surface area contributed by atoms with Crippen LogP contribution in [-0.4, -0.2) is 41.3 Å². The molecule has 1 aromatic rings. The second-order valence-corrected chi connectivity index (χ2v) is 12.7. The number of phosphoric ester groups is 1. The maximum atomic E-state index is 12.3. The molecule has 0 aromatic carbocycles. The predicted octanol–water partition coefficient (Wildman–Crippen LogP) is 1.61. The summed E-state index contributed by atoms with van der Waals surface area (Å²) in [6, 6.07) is 1.14. The molecule has 5 N–H and O–H groups in total. The summed E-state index contributed by atoms with van der Waals surface area (Å²) in [6.07, 6.45) is 1.52. The molecule has 0 bridgehead atoms. The molecule has 5 atom stereocenters. The van der Waals surface area contributed by atoms with E-state index in [1.807, 2.05) is 6.92 Å². The van der Waals surface area contributed by atoms with E-state index in [0.717, 1.165) is 6.07 Å². The quantitative estimate of drug-likeness (QED) is 0.268. The normalized spacial score (nSPS) is 28.8. The lowest BCUT2D eigenvalue weighted by Crippen LogP contribution is -2.40. The van der Waals surface area contributed by atoms with E-state index in [4.69, 9.17) is 19.0 Å². The minimum Gasteiger partial charge on any atom is -0.348 e. The lowest BCUT2D eigenvalue weighted by molar-refractivity contribution is -0.106. The summed E-state index contributed by atoms with van der Waals surface area (Å²) >= 11 is 0. The molecule has 2 heterocycles. The van der Waals surface area contributed by atoms with Crippen molar-refractivity contribution in [3.8, 4) is 0 Å². The number of H-pyrrole nitrogens is 1. The summed E-state index contributed by atoms with van der Waals surface area (Å²) in [5.41, 5.74) is -3.42. The Bertz CT molecular complexity index is 1120. The van der Waals surface area contributed by atoms with Gasteiger partial charge in [-0.3, -0.25) is 18.9 Å². The second-order valence-electron chi connectivity index (χ2n) is 8.33. The van der Waals surface area contributed by atoms with Crippen molar-refractivity contribution in [1.82, 2.24) is 9.55 Å². The summed E-state index contributed by atoms with van der Waals surface area (Å²) in [5.74, 6) is -0.383. The highest BCUT2D eigenvalue weighted by Crippen LogP contribution is 2.67. The Morgan fingerprint density at radius 1 is 1.09 bits per heavy atom. The molecule has 0 radical (unpaired) electrons.